The van der Waals surface area contributed by atoms with Crippen molar-refractivity contribution in [1.29, 1.82) is 0 Å². The highest BCUT2D eigenvalue weighted by molar-refractivity contribution is 7.85. The molecule has 1 amide bonds. The molecule has 0 heterocycles. The average molecular weight is 253 g/mol. The van der Waals surface area contributed by atoms with Crippen molar-refractivity contribution in [1.82, 2.24) is 0 Å². The summed E-state index contributed by atoms with van der Waals surface area (Å²) >= 11 is 0. The maximum Gasteiger partial charge on any atom is 0.265 e. The molecule has 0 aliphatic carbocycles. The van der Waals surface area contributed by atoms with E-state index in [1.165, 1.54) is 0 Å². The topological polar surface area (TPSA) is 72.5 Å². The number of amides is 1. The van der Waals surface area contributed by atoms with Crippen molar-refractivity contribution in [3.63, 3.8) is 0 Å². The normalized spacial score (nSPS) is 10.2. The number of hydrogen-bond acceptors (Lipinski definition) is 4. The van der Waals surface area contributed by atoms with Crippen LogP contribution in [0.1, 0.15) is 5.56 Å². The summed E-state index contributed by atoms with van der Waals surface area (Å²) in [6, 6.07) is 6.91. The van der Waals surface area contributed by atoms with Crippen LogP contribution in [-0.4, -0.2) is 27.7 Å². The van der Waals surface area contributed by atoms with Gasteiger partial charge in [0.2, 0.25) is 6.41 Å². The third-order valence-corrected chi connectivity index (χ3v) is 2.26. The van der Waals surface area contributed by atoms with Gasteiger partial charge in [-0.1, -0.05) is 24.0 Å². The summed E-state index contributed by atoms with van der Waals surface area (Å²) in [7, 11) is -3.47. The maximum absolute atomic E-state index is 10.7. The van der Waals surface area contributed by atoms with Crippen molar-refractivity contribution in [2.45, 2.75) is 0 Å². The Morgan fingerprint density at radius 2 is 2.12 bits per heavy atom. The van der Waals surface area contributed by atoms with Gasteiger partial charge in [-0.25, -0.2) is 0 Å². The summed E-state index contributed by atoms with van der Waals surface area (Å²) in [5.74, 6) is 5.26. The van der Waals surface area contributed by atoms with Crippen LogP contribution in [0.2, 0.25) is 0 Å². The van der Waals surface area contributed by atoms with Crippen molar-refractivity contribution >= 4 is 22.2 Å². The smallest absolute Gasteiger partial charge is 0.265 e. The van der Waals surface area contributed by atoms with Crippen molar-refractivity contribution < 1.29 is 17.4 Å². The number of anilines is 1. The van der Waals surface area contributed by atoms with Gasteiger partial charge in [-0.15, -0.1) is 0 Å². The van der Waals surface area contributed by atoms with E-state index in [9.17, 15) is 13.2 Å². The van der Waals surface area contributed by atoms with E-state index >= 15 is 0 Å². The Labute approximate surface area is 99.9 Å². The Morgan fingerprint density at radius 3 is 2.76 bits per heavy atom. The summed E-state index contributed by atoms with van der Waals surface area (Å²) in [5.41, 5.74) is 1.16. The third kappa shape index (κ3) is 5.15. The first kappa shape index (κ1) is 13.2. The van der Waals surface area contributed by atoms with Crippen LogP contribution in [0.3, 0.4) is 0 Å². The minimum absolute atomic E-state index is 0.214. The van der Waals surface area contributed by atoms with Crippen LogP contribution in [0.5, 0.6) is 0 Å². The molecule has 0 spiro atoms. The molecule has 90 valence electrons. The standard InChI is InChI=1S/C11H11NO4S/c1-17(14,15)16-8-4-6-10-5-2-3-7-11(10)12-9-13/h2-3,5,7,9H,8H2,1H3,(H,12,13). The van der Waals surface area contributed by atoms with Gasteiger partial charge in [-0.2, -0.15) is 8.42 Å². The van der Waals surface area contributed by atoms with Crippen molar-refractivity contribution in [3.05, 3.63) is 29.8 Å². The van der Waals surface area contributed by atoms with E-state index in [-0.39, 0.29) is 6.61 Å². The molecule has 0 saturated carbocycles. The van der Waals surface area contributed by atoms with Crippen LogP contribution in [-0.2, 0) is 19.1 Å². The Balaban J connectivity index is 2.74. The molecular weight excluding hydrogens is 242 g/mol. The summed E-state index contributed by atoms with van der Waals surface area (Å²) < 4.78 is 25.8. The van der Waals surface area contributed by atoms with Gasteiger partial charge in [0.25, 0.3) is 10.1 Å². The fourth-order valence-electron chi connectivity index (χ4n) is 1.05. The van der Waals surface area contributed by atoms with Gasteiger partial charge in [-0.3, -0.25) is 8.98 Å². The van der Waals surface area contributed by atoms with E-state index in [1.807, 2.05) is 0 Å². The summed E-state index contributed by atoms with van der Waals surface area (Å²) in [5, 5.41) is 2.49. The predicted octanol–water partition coefficient (Wildman–Crippen LogP) is 0.583. The number of hydrogen-bond donors (Lipinski definition) is 1. The molecule has 0 unspecified atom stereocenters. The molecule has 6 heteroatoms. The highest BCUT2D eigenvalue weighted by Crippen LogP contribution is 2.12. The Morgan fingerprint density at radius 1 is 1.41 bits per heavy atom. The molecule has 0 aliphatic rings. The number of nitrogens with one attached hydrogen (secondary N) is 1. The first-order valence-electron chi connectivity index (χ1n) is 4.65. The van der Waals surface area contributed by atoms with Crippen molar-refractivity contribution in [2.24, 2.45) is 0 Å². The zero-order valence-electron chi connectivity index (χ0n) is 9.14. The Hall–Kier alpha value is -1.84. The molecule has 0 saturated heterocycles. The molecular formula is C11H11NO4S. The lowest BCUT2D eigenvalue weighted by atomic mass is 10.2. The van der Waals surface area contributed by atoms with Crippen LogP contribution in [0.4, 0.5) is 5.69 Å². The second kappa shape index (κ2) is 6.03. The van der Waals surface area contributed by atoms with Gasteiger partial charge in [0.1, 0.15) is 6.61 Å². The second-order valence-electron chi connectivity index (χ2n) is 3.08. The van der Waals surface area contributed by atoms with Crippen LogP contribution in [0.25, 0.3) is 0 Å². The van der Waals surface area contributed by atoms with Crippen LogP contribution < -0.4 is 5.32 Å². The van der Waals surface area contributed by atoms with E-state index in [0.717, 1.165) is 6.26 Å². The fraction of sp³-hybridized carbons (Fsp3) is 0.182. The molecule has 0 bridgehead atoms. The second-order valence-corrected chi connectivity index (χ2v) is 4.72. The van der Waals surface area contributed by atoms with Gasteiger partial charge in [0.15, 0.2) is 0 Å². The zero-order chi connectivity index (χ0) is 12.7. The molecule has 0 aliphatic heterocycles. The maximum atomic E-state index is 10.7. The molecule has 1 aromatic rings. The van der Waals surface area contributed by atoms with Crippen molar-refractivity contribution in [2.75, 3.05) is 18.2 Å². The van der Waals surface area contributed by atoms with E-state index in [1.54, 1.807) is 24.3 Å². The molecule has 1 N–H and O–H groups in total. The monoisotopic (exact) mass is 253 g/mol. The van der Waals surface area contributed by atoms with Crippen molar-refractivity contribution in [3.8, 4) is 11.8 Å². The highest BCUT2D eigenvalue weighted by Gasteiger charge is 1.98. The molecule has 1 rings (SSSR count). The minimum atomic E-state index is -3.47. The van der Waals surface area contributed by atoms with Gasteiger partial charge in [-0.05, 0) is 12.1 Å². The van der Waals surface area contributed by atoms with Crippen LogP contribution in [0, 0.1) is 11.8 Å². The number of benzene rings is 1. The first-order valence-corrected chi connectivity index (χ1v) is 6.47. The number of rotatable bonds is 4. The van der Waals surface area contributed by atoms with Gasteiger partial charge in [0, 0.05) is 5.56 Å². The van der Waals surface area contributed by atoms with Gasteiger partial charge in [0.05, 0.1) is 11.9 Å². The van der Waals surface area contributed by atoms with Crippen LogP contribution in [0.15, 0.2) is 24.3 Å². The van der Waals surface area contributed by atoms with E-state index < -0.39 is 10.1 Å². The fourth-order valence-corrected chi connectivity index (χ4v) is 1.32. The van der Waals surface area contributed by atoms with Crippen LogP contribution >= 0.6 is 0 Å². The lowest BCUT2D eigenvalue weighted by molar-refractivity contribution is -0.105. The van der Waals surface area contributed by atoms with Gasteiger partial charge < -0.3 is 5.32 Å². The Kier molecular flexibility index (Phi) is 4.69. The molecule has 0 aromatic heterocycles. The molecule has 0 radical (unpaired) electrons. The quantitative estimate of drug-likeness (QED) is 0.484. The van der Waals surface area contributed by atoms with Gasteiger partial charge >= 0.3 is 0 Å². The average Bonchev–Trinajstić information content (AvgIpc) is 2.25. The first-order chi connectivity index (χ1) is 8.03. The molecule has 5 nitrogen and oxygen atoms in total. The SMILES string of the molecule is CS(=O)(=O)OCC#Cc1ccccc1NC=O. The van der Waals surface area contributed by atoms with E-state index in [2.05, 4.69) is 21.3 Å². The number of para-hydroxylation sites is 1. The third-order valence-electron chi connectivity index (χ3n) is 1.71. The summed E-state index contributed by atoms with van der Waals surface area (Å²) in [6.07, 6.45) is 1.50. The lowest BCUT2D eigenvalue weighted by Gasteiger charge is -2.00. The molecule has 0 fully saturated rings. The zero-order valence-corrected chi connectivity index (χ0v) is 9.95. The van der Waals surface area contributed by atoms with E-state index in [4.69, 9.17) is 0 Å². The molecule has 1 aromatic carbocycles. The summed E-state index contributed by atoms with van der Waals surface area (Å²) in [4.78, 5) is 10.3. The highest BCUT2D eigenvalue weighted by atomic mass is 32.2. The molecule has 0 atom stereocenters. The number of carbonyl (C=O) groups is 1. The van der Waals surface area contributed by atoms with E-state index in [0.29, 0.717) is 17.7 Å². The molecule has 17 heavy (non-hydrogen) atoms. The largest absolute Gasteiger partial charge is 0.328 e. The summed E-state index contributed by atoms with van der Waals surface area (Å²) in [6.45, 7) is -0.214. The number of carbonyl (C=O) groups excluding carboxylic acids is 1. The Bertz CT molecular complexity index is 554. The predicted molar refractivity (Wildman–Crippen MR) is 63.8 cm³/mol. The minimum Gasteiger partial charge on any atom is -0.328 e. The lowest BCUT2D eigenvalue weighted by Crippen LogP contribution is -2.02.